The maximum absolute atomic E-state index is 9.77. The molecule has 0 bridgehead atoms. The van der Waals surface area contributed by atoms with Crippen molar-refractivity contribution in [2.75, 3.05) is 13.2 Å². The molecule has 1 aliphatic heterocycles. The minimum atomic E-state index is -0.404. The van der Waals surface area contributed by atoms with E-state index in [1.165, 1.54) is 6.21 Å². The molecule has 0 aromatic rings. The molecular weight excluding hydrogens is 206 g/mol. The molecule has 1 aliphatic carbocycles. The van der Waals surface area contributed by atoms with E-state index in [1.54, 1.807) is 0 Å². The fraction of sp³-hybridized carbons (Fsp3) is 0.917. The molecule has 0 amide bonds. The van der Waals surface area contributed by atoms with E-state index in [2.05, 4.69) is 6.92 Å². The predicted octanol–water partition coefficient (Wildman–Crippen LogP) is 1.71. The van der Waals surface area contributed by atoms with Crippen molar-refractivity contribution in [2.24, 2.45) is 5.41 Å². The van der Waals surface area contributed by atoms with Crippen LogP contribution in [0.1, 0.15) is 39.0 Å². The third kappa shape index (κ3) is 2.44. The molecule has 2 rings (SSSR count). The Kier molecular flexibility index (Phi) is 3.33. The van der Waals surface area contributed by atoms with Gasteiger partial charge in [-0.25, -0.2) is 0 Å². The van der Waals surface area contributed by atoms with Crippen LogP contribution in [0.5, 0.6) is 0 Å². The van der Waals surface area contributed by atoms with Crippen LogP contribution in [0.4, 0.5) is 0 Å². The molecule has 1 saturated heterocycles. The fourth-order valence-corrected chi connectivity index (χ4v) is 3.03. The van der Waals surface area contributed by atoms with Crippen molar-refractivity contribution in [1.29, 1.82) is 5.41 Å². The Morgan fingerprint density at radius 2 is 2.06 bits per heavy atom. The average Bonchev–Trinajstić information content (AvgIpc) is 2.76. The highest BCUT2D eigenvalue weighted by Crippen LogP contribution is 2.50. The minimum Gasteiger partial charge on any atom is -0.393 e. The second-order valence-corrected chi connectivity index (χ2v) is 5.39. The van der Waals surface area contributed by atoms with Gasteiger partial charge < -0.3 is 20.0 Å². The summed E-state index contributed by atoms with van der Waals surface area (Å²) in [6.45, 7) is 3.57. The minimum absolute atomic E-state index is 0.0900. The summed E-state index contributed by atoms with van der Waals surface area (Å²) in [7, 11) is 0. The summed E-state index contributed by atoms with van der Waals surface area (Å²) in [6, 6.07) is 0. The van der Waals surface area contributed by atoms with E-state index >= 15 is 0 Å². The number of nitrogens with one attached hydrogen (secondary N) is 1. The molecular formula is C12H21NO3. The van der Waals surface area contributed by atoms with Crippen molar-refractivity contribution in [1.82, 2.24) is 0 Å². The van der Waals surface area contributed by atoms with Gasteiger partial charge in [0.15, 0.2) is 5.79 Å². The average molecular weight is 227 g/mol. The maximum Gasteiger partial charge on any atom is 0.169 e. The zero-order valence-electron chi connectivity index (χ0n) is 9.87. The van der Waals surface area contributed by atoms with Crippen molar-refractivity contribution < 1.29 is 14.6 Å². The van der Waals surface area contributed by atoms with E-state index in [4.69, 9.17) is 14.9 Å². The van der Waals surface area contributed by atoms with Crippen molar-refractivity contribution >= 4 is 6.21 Å². The Morgan fingerprint density at radius 3 is 2.69 bits per heavy atom. The fourth-order valence-electron chi connectivity index (χ4n) is 3.03. The molecule has 2 unspecified atom stereocenters. The van der Waals surface area contributed by atoms with Gasteiger partial charge in [-0.05, 0) is 24.5 Å². The van der Waals surface area contributed by atoms with Crippen LogP contribution in [0.25, 0.3) is 0 Å². The van der Waals surface area contributed by atoms with Gasteiger partial charge in [-0.2, -0.15) is 0 Å². The van der Waals surface area contributed by atoms with Crippen LogP contribution in [0.15, 0.2) is 0 Å². The van der Waals surface area contributed by atoms with Crippen LogP contribution in [0.3, 0.4) is 0 Å². The molecule has 2 atom stereocenters. The van der Waals surface area contributed by atoms with Crippen LogP contribution < -0.4 is 0 Å². The van der Waals surface area contributed by atoms with Gasteiger partial charge in [0, 0.05) is 19.3 Å². The first-order valence-corrected chi connectivity index (χ1v) is 6.02. The number of ether oxygens (including phenoxy) is 2. The van der Waals surface area contributed by atoms with E-state index in [0.29, 0.717) is 19.6 Å². The topological polar surface area (TPSA) is 62.5 Å². The first-order valence-electron chi connectivity index (χ1n) is 6.02. The standard InChI is InChI=1S/C12H21NO3/c1-11(8-10(14)2-5-13)3-4-12(9-11)15-6-7-16-12/h5,10,13-14H,2-4,6-9H2,1H3. The molecule has 0 aromatic carbocycles. The third-order valence-corrected chi connectivity index (χ3v) is 3.74. The maximum atomic E-state index is 9.77. The number of rotatable bonds is 4. The molecule has 4 nitrogen and oxygen atoms in total. The first-order chi connectivity index (χ1) is 7.58. The Labute approximate surface area is 96.4 Å². The van der Waals surface area contributed by atoms with Crippen LogP contribution in [-0.4, -0.2) is 36.4 Å². The lowest BCUT2D eigenvalue weighted by Crippen LogP contribution is -2.29. The number of hydrogen-bond acceptors (Lipinski definition) is 4. The van der Waals surface area contributed by atoms with Crippen LogP contribution in [0.2, 0.25) is 0 Å². The van der Waals surface area contributed by atoms with E-state index in [-0.39, 0.29) is 11.2 Å². The van der Waals surface area contributed by atoms with Crippen molar-refractivity contribution in [3.05, 3.63) is 0 Å². The van der Waals surface area contributed by atoms with Crippen molar-refractivity contribution in [3.8, 4) is 0 Å². The van der Waals surface area contributed by atoms with E-state index in [0.717, 1.165) is 25.7 Å². The molecule has 1 heterocycles. The summed E-state index contributed by atoms with van der Waals surface area (Å²) in [5.41, 5.74) is 0.0900. The third-order valence-electron chi connectivity index (χ3n) is 3.74. The summed E-state index contributed by atoms with van der Waals surface area (Å²) in [5, 5.41) is 16.8. The monoisotopic (exact) mass is 227 g/mol. The molecule has 2 aliphatic rings. The van der Waals surface area contributed by atoms with E-state index in [9.17, 15) is 5.11 Å². The molecule has 0 aromatic heterocycles. The van der Waals surface area contributed by atoms with Crippen molar-refractivity contribution in [3.63, 3.8) is 0 Å². The molecule has 1 spiro atoms. The van der Waals surface area contributed by atoms with Gasteiger partial charge in [0.1, 0.15) is 0 Å². The molecule has 0 radical (unpaired) electrons. The Bertz CT molecular complexity index is 263. The number of aliphatic hydroxyl groups is 1. The van der Waals surface area contributed by atoms with Gasteiger partial charge in [0.05, 0.1) is 19.3 Å². The molecule has 16 heavy (non-hydrogen) atoms. The van der Waals surface area contributed by atoms with Gasteiger partial charge >= 0.3 is 0 Å². The summed E-state index contributed by atoms with van der Waals surface area (Å²) >= 11 is 0. The quantitative estimate of drug-likeness (QED) is 0.719. The highest BCUT2D eigenvalue weighted by molar-refractivity contribution is 5.53. The van der Waals surface area contributed by atoms with E-state index in [1.807, 2.05) is 0 Å². The highest BCUT2D eigenvalue weighted by atomic mass is 16.7. The SMILES string of the molecule is CC1(CC(O)CC=N)CCC2(C1)OCCO2. The second-order valence-electron chi connectivity index (χ2n) is 5.39. The van der Waals surface area contributed by atoms with Gasteiger partial charge in [-0.3, -0.25) is 0 Å². The Morgan fingerprint density at radius 1 is 1.38 bits per heavy atom. The van der Waals surface area contributed by atoms with Crippen molar-refractivity contribution in [2.45, 2.75) is 50.9 Å². The number of aliphatic hydroxyl groups excluding tert-OH is 1. The first kappa shape index (κ1) is 12.0. The Hall–Kier alpha value is -0.450. The van der Waals surface area contributed by atoms with Crippen LogP contribution in [0, 0.1) is 10.8 Å². The lowest BCUT2D eigenvalue weighted by atomic mass is 9.82. The smallest absolute Gasteiger partial charge is 0.169 e. The van der Waals surface area contributed by atoms with Crippen LogP contribution in [-0.2, 0) is 9.47 Å². The molecule has 1 saturated carbocycles. The zero-order chi connectivity index (χ0) is 11.6. The van der Waals surface area contributed by atoms with Crippen LogP contribution >= 0.6 is 0 Å². The summed E-state index contributed by atoms with van der Waals surface area (Å²) in [4.78, 5) is 0. The highest BCUT2D eigenvalue weighted by Gasteiger charge is 2.49. The van der Waals surface area contributed by atoms with E-state index < -0.39 is 6.10 Å². The summed E-state index contributed by atoms with van der Waals surface area (Å²) < 4.78 is 11.4. The lowest BCUT2D eigenvalue weighted by molar-refractivity contribution is -0.157. The zero-order valence-corrected chi connectivity index (χ0v) is 9.87. The second kappa shape index (κ2) is 4.43. The van der Waals surface area contributed by atoms with Gasteiger partial charge in [0.2, 0.25) is 0 Å². The normalized spacial score (nSPS) is 34.4. The Balaban J connectivity index is 1.92. The van der Waals surface area contributed by atoms with Gasteiger partial charge in [0.25, 0.3) is 0 Å². The number of hydrogen-bond donors (Lipinski definition) is 2. The molecule has 4 heteroatoms. The summed E-state index contributed by atoms with van der Waals surface area (Å²) in [5.74, 6) is -0.362. The largest absolute Gasteiger partial charge is 0.393 e. The molecule has 2 fully saturated rings. The molecule has 2 N–H and O–H groups in total. The predicted molar refractivity (Wildman–Crippen MR) is 60.6 cm³/mol. The van der Waals surface area contributed by atoms with Gasteiger partial charge in [-0.1, -0.05) is 6.92 Å². The lowest BCUT2D eigenvalue weighted by Gasteiger charge is -2.29. The molecule has 92 valence electrons. The summed E-state index contributed by atoms with van der Waals surface area (Å²) in [6.07, 6.45) is 4.89. The van der Waals surface area contributed by atoms with Gasteiger partial charge in [-0.15, -0.1) is 0 Å².